The van der Waals surface area contributed by atoms with E-state index >= 15 is 0 Å². The van der Waals surface area contributed by atoms with Crippen LogP contribution < -0.4 is 10.2 Å². The average molecular weight is 363 g/mol. The SMILES string of the molecule is Cc1ccc(N2CC(C(=O)Nc3cc(-n4cncn4)ncn3)CC2=O)cc1. The molecule has 1 aromatic carbocycles. The highest BCUT2D eigenvalue weighted by atomic mass is 16.2. The lowest BCUT2D eigenvalue weighted by atomic mass is 10.1. The molecule has 1 N–H and O–H groups in total. The number of hydrogen-bond donors (Lipinski definition) is 1. The maximum absolute atomic E-state index is 12.6. The first-order valence-electron chi connectivity index (χ1n) is 8.45. The molecule has 2 amide bonds. The Labute approximate surface area is 155 Å². The molecule has 1 unspecified atom stereocenters. The number of carbonyl (C=O) groups is 2. The van der Waals surface area contributed by atoms with E-state index in [4.69, 9.17) is 0 Å². The zero-order valence-electron chi connectivity index (χ0n) is 14.6. The smallest absolute Gasteiger partial charge is 0.230 e. The van der Waals surface area contributed by atoms with Crippen LogP contribution in [0.25, 0.3) is 5.82 Å². The quantitative estimate of drug-likeness (QED) is 0.750. The number of nitrogens with zero attached hydrogens (tertiary/aromatic N) is 6. The zero-order valence-corrected chi connectivity index (χ0v) is 14.6. The Bertz CT molecular complexity index is 970. The van der Waals surface area contributed by atoms with Gasteiger partial charge in [-0.3, -0.25) is 9.59 Å². The molecule has 3 heterocycles. The minimum atomic E-state index is -0.441. The van der Waals surface area contributed by atoms with Crippen molar-refractivity contribution in [2.24, 2.45) is 5.92 Å². The minimum absolute atomic E-state index is 0.0648. The number of anilines is 2. The Kier molecular flexibility index (Phi) is 4.33. The summed E-state index contributed by atoms with van der Waals surface area (Å²) in [5, 5.41) is 6.75. The Morgan fingerprint density at radius 3 is 2.74 bits per heavy atom. The fraction of sp³-hybridized carbons (Fsp3) is 0.222. The summed E-state index contributed by atoms with van der Waals surface area (Å²) in [5.41, 5.74) is 1.92. The summed E-state index contributed by atoms with van der Waals surface area (Å²) in [7, 11) is 0. The number of benzene rings is 1. The molecule has 4 rings (SSSR count). The van der Waals surface area contributed by atoms with Gasteiger partial charge in [-0.1, -0.05) is 17.7 Å². The lowest BCUT2D eigenvalue weighted by molar-refractivity contribution is -0.122. The predicted octanol–water partition coefficient (Wildman–Crippen LogP) is 1.36. The van der Waals surface area contributed by atoms with Crippen molar-refractivity contribution in [1.29, 1.82) is 0 Å². The second-order valence-corrected chi connectivity index (χ2v) is 6.33. The third-order valence-corrected chi connectivity index (χ3v) is 4.40. The lowest BCUT2D eigenvalue weighted by Gasteiger charge is -2.17. The standard InChI is InChI=1S/C18H17N7O2/c1-12-2-4-14(5-3-12)24-8-13(6-17(24)26)18(27)23-15-7-16(21-10-20-15)25-11-19-9-22-25/h2-5,7,9-11,13H,6,8H2,1H3,(H,20,21,23,27). The van der Waals surface area contributed by atoms with Crippen LogP contribution in [0.5, 0.6) is 0 Å². The molecule has 1 aliphatic heterocycles. The fourth-order valence-electron chi connectivity index (χ4n) is 2.95. The van der Waals surface area contributed by atoms with E-state index in [0.717, 1.165) is 11.3 Å². The summed E-state index contributed by atoms with van der Waals surface area (Å²) < 4.78 is 1.47. The number of rotatable bonds is 4. The summed E-state index contributed by atoms with van der Waals surface area (Å²) in [6.07, 6.45) is 4.40. The second-order valence-electron chi connectivity index (χ2n) is 6.33. The first kappa shape index (κ1) is 16.8. The van der Waals surface area contributed by atoms with Gasteiger partial charge in [-0.05, 0) is 19.1 Å². The average Bonchev–Trinajstić information content (AvgIpc) is 3.33. The van der Waals surface area contributed by atoms with E-state index in [1.54, 1.807) is 11.0 Å². The molecular formula is C18H17N7O2. The van der Waals surface area contributed by atoms with Crippen molar-refractivity contribution in [3.63, 3.8) is 0 Å². The van der Waals surface area contributed by atoms with Crippen molar-refractivity contribution in [3.05, 3.63) is 54.9 Å². The molecule has 1 aliphatic rings. The Balaban J connectivity index is 1.45. The van der Waals surface area contributed by atoms with Crippen LogP contribution in [0.15, 0.2) is 49.3 Å². The number of carbonyl (C=O) groups excluding carboxylic acids is 2. The van der Waals surface area contributed by atoms with E-state index in [2.05, 4.69) is 25.4 Å². The molecule has 1 fully saturated rings. The molecule has 2 aromatic heterocycles. The van der Waals surface area contributed by atoms with Gasteiger partial charge >= 0.3 is 0 Å². The van der Waals surface area contributed by atoms with E-state index < -0.39 is 5.92 Å². The van der Waals surface area contributed by atoms with Gasteiger partial charge in [0.2, 0.25) is 11.8 Å². The Morgan fingerprint density at radius 1 is 1.19 bits per heavy atom. The van der Waals surface area contributed by atoms with E-state index in [1.165, 1.54) is 23.7 Å². The van der Waals surface area contributed by atoms with Crippen LogP contribution in [0.3, 0.4) is 0 Å². The molecule has 1 saturated heterocycles. The molecule has 0 spiro atoms. The zero-order chi connectivity index (χ0) is 18.8. The van der Waals surface area contributed by atoms with E-state index in [-0.39, 0.29) is 18.2 Å². The van der Waals surface area contributed by atoms with Crippen molar-refractivity contribution < 1.29 is 9.59 Å². The molecule has 0 saturated carbocycles. The predicted molar refractivity (Wildman–Crippen MR) is 97.2 cm³/mol. The van der Waals surface area contributed by atoms with E-state index in [0.29, 0.717) is 18.2 Å². The van der Waals surface area contributed by atoms with Crippen molar-refractivity contribution in [3.8, 4) is 5.82 Å². The Hall–Kier alpha value is -3.62. The normalized spacial score (nSPS) is 16.6. The molecule has 0 radical (unpaired) electrons. The van der Waals surface area contributed by atoms with Crippen LogP contribution in [0, 0.1) is 12.8 Å². The van der Waals surface area contributed by atoms with Crippen LogP contribution >= 0.6 is 0 Å². The van der Waals surface area contributed by atoms with Gasteiger partial charge in [0.15, 0.2) is 5.82 Å². The molecular weight excluding hydrogens is 346 g/mol. The van der Waals surface area contributed by atoms with Crippen molar-refractivity contribution in [1.82, 2.24) is 24.7 Å². The highest BCUT2D eigenvalue weighted by molar-refractivity contribution is 6.03. The molecule has 27 heavy (non-hydrogen) atoms. The van der Waals surface area contributed by atoms with Crippen molar-refractivity contribution >= 4 is 23.3 Å². The molecule has 9 heteroatoms. The molecule has 3 aromatic rings. The van der Waals surface area contributed by atoms with Crippen LogP contribution in [0.1, 0.15) is 12.0 Å². The fourth-order valence-corrected chi connectivity index (χ4v) is 2.95. The van der Waals surface area contributed by atoms with Gasteiger partial charge in [-0.25, -0.2) is 19.6 Å². The summed E-state index contributed by atoms with van der Waals surface area (Å²) in [6, 6.07) is 9.27. The van der Waals surface area contributed by atoms with Crippen molar-refractivity contribution in [2.75, 3.05) is 16.8 Å². The van der Waals surface area contributed by atoms with Gasteiger partial charge in [-0.2, -0.15) is 5.10 Å². The molecule has 136 valence electrons. The third kappa shape index (κ3) is 3.52. The van der Waals surface area contributed by atoms with Gasteiger partial charge in [0.05, 0.1) is 5.92 Å². The Morgan fingerprint density at radius 2 is 2.00 bits per heavy atom. The summed E-state index contributed by atoms with van der Waals surface area (Å²) >= 11 is 0. The van der Waals surface area contributed by atoms with Gasteiger partial charge in [0.25, 0.3) is 0 Å². The second kappa shape index (κ2) is 6.94. The number of aromatic nitrogens is 5. The number of hydrogen-bond acceptors (Lipinski definition) is 6. The summed E-state index contributed by atoms with van der Waals surface area (Å²) in [4.78, 5) is 38.6. The topological polar surface area (TPSA) is 106 Å². The van der Waals surface area contributed by atoms with E-state index in [9.17, 15) is 9.59 Å². The van der Waals surface area contributed by atoms with Crippen LogP contribution in [0.4, 0.5) is 11.5 Å². The lowest BCUT2D eigenvalue weighted by Crippen LogP contribution is -2.28. The first-order valence-corrected chi connectivity index (χ1v) is 8.45. The highest BCUT2D eigenvalue weighted by Crippen LogP contribution is 2.26. The maximum Gasteiger partial charge on any atom is 0.230 e. The first-order chi connectivity index (χ1) is 13.1. The van der Waals surface area contributed by atoms with Gasteiger partial charge in [-0.15, -0.1) is 0 Å². The van der Waals surface area contributed by atoms with Crippen LogP contribution in [-0.4, -0.2) is 43.1 Å². The van der Waals surface area contributed by atoms with E-state index in [1.807, 2.05) is 31.2 Å². The summed E-state index contributed by atoms with van der Waals surface area (Å²) in [6.45, 7) is 2.33. The van der Waals surface area contributed by atoms with Crippen molar-refractivity contribution in [2.45, 2.75) is 13.3 Å². The van der Waals surface area contributed by atoms with Gasteiger partial charge in [0, 0.05) is 24.7 Å². The molecule has 9 nitrogen and oxygen atoms in total. The minimum Gasteiger partial charge on any atom is -0.312 e. The summed E-state index contributed by atoms with van der Waals surface area (Å²) in [5.74, 6) is 0.0816. The van der Waals surface area contributed by atoms with Gasteiger partial charge < -0.3 is 10.2 Å². The number of aryl methyl sites for hydroxylation is 1. The number of nitrogens with one attached hydrogen (secondary N) is 1. The number of amides is 2. The monoisotopic (exact) mass is 363 g/mol. The van der Waals surface area contributed by atoms with Crippen LogP contribution in [0.2, 0.25) is 0 Å². The molecule has 0 aliphatic carbocycles. The maximum atomic E-state index is 12.6. The third-order valence-electron chi connectivity index (χ3n) is 4.40. The van der Waals surface area contributed by atoms with Gasteiger partial charge in [0.1, 0.15) is 24.8 Å². The van der Waals surface area contributed by atoms with Crippen LogP contribution in [-0.2, 0) is 9.59 Å². The highest BCUT2D eigenvalue weighted by Gasteiger charge is 2.35. The molecule has 0 bridgehead atoms. The molecule has 1 atom stereocenters. The largest absolute Gasteiger partial charge is 0.312 e.